The average molecular weight is 320 g/mol. The summed E-state index contributed by atoms with van der Waals surface area (Å²) >= 11 is 1.32. The highest BCUT2D eigenvalue weighted by atomic mass is 32.2. The van der Waals surface area contributed by atoms with E-state index in [2.05, 4.69) is 46.1 Å². The fraction of sp³-hybridized carbons (Fsp3) is 0.400. The zero-order valence-electron chi connectivity index (χ0n) is 12.8. The number of aromatic nitrogens is 3. The standard InChI is InChI=1S/C15H20N4O2S/c1-11-3-5-12(6-4-11)9-19-13(7-8-16)17-18-15(19)22-10-14(20)21-2/h3-6H,7-10,16H2,1-2H3. The van der Waals surface area contributed by atoms with Crippen LogP contribution in [-0.4, -0.2) is 40.1 Å². The van der Waals surface area contributed by atoms with E-state index in [0.717, 1.165) is 11.4 Å². The van der Waals surface area contributed by atoms with E-state index in [0.29, 0.717) is 24.7 Å². The van der Waals surface area contributed by atoms with Crippen molar-refractivity contribution in [2.45, 2.75) is 25.0 Å². The zero-order valence-corrected chi connectivity index (χ0v) is 13.6. The maximum Gasteiger partial charge on any atom is 0.316 e. The van der Waals surface area contributed by atoms with Crippen molar-refractivity contribution in [2.24, 2.45) is 5.73 Å². The summed E-state index contributed by atoms with van der Waals surface area (Å²) in [5.74, 6) is 0.760. The van der Waals surface area contributed by atoms with Crippen LogP contribution in [0.3, 0.4) is 0 Å². The predicted octanol–water partition coefficient (Wildman–Crippen LogP) is 1.40. The van der Waals surface area contributed by atoms with Crippen LogP contribution in [0.25, 0.3) is 0 Å². The molecule has 0 saturated carbocycles. The molecular formula is C15H20N4O2S. The summed E-state index contributed by atoms with van der Waals surface area (Å²) in [5, 5.41) is 9.05. The van der Waals surface area contributed by atoms with Crippen molar-refractivity contribution in [1.82, 2.24) is 14.8 Å². The Morgan fingerprint density at radius 3 is 2.68 bits per heavy atom. The Labute approximate surface area is 134 Å². The lowest BCUT2D eigenvalue weighted by atomic mass is 10.1. The van der Waals surface area contributed by atoms with Crippen LogP contribution in [0.2, 0.25) is 0 Å². The fourth-order valence-electron chi connectivity index (χ4n) is 1.96. The monoisotopic (exact) mass is 320 g/mol. The molecule has 0 atom stereocenters. The largest absolute Gasteiger partial charge is 0.468 e. The molecule has 22 heavy (non-hydrogen) atoms. The summed E-state index contributed by atoms with van der Waals surface area (Å²) in [6.07, 6.45) is 0.650. The summed E-state index contributed by atoms with van der Waals surface area (Å²) in [6, 6.07) is 8.31. The highest BCUT2D eigenvalue weighted by Crippen LogP contribution is 2.19. The lowest BCUT2D eigenvalue weighted by Gasteiger charge is -2.10. The summed E-state index contributed by atoms with van der Waals surface area (Å²) in [7, 11) is 1.37. The molecule has 0 unspecified atom stereocenters. The zero-order chi connectivity index (χ0) is 15.9. The number of thioether (sulfide) groups is 1. The molecule has 2 N–H and O–H groups in total. The third kappa shape index (κ3) is 4.32. The quantitative estimate of drug-likeness (QED) is 0.613. The number of ether oxygens (including phenoxy) is 1. The summed E-state index contributed by atoms with van der Waals surface area (Å²) in [5.41, 5.74) is 8.01. The Balaban J connectivity index is 2.19. The van der Waals surface area contributed by atoms with E-state index >= 15 is 0 Å². The molecule has 6 nitrogen and oxygen atoms in total. The van der Waals surface area contributed by atoms with Crippen molar-refractivity contribution < 1.29 is 9.53 Å². The fourth-order valence-corrected chi connectivity index (χ4v) is 2.75. The van der Waals surface area contributed by atoms with E-state index in [1.165, 1.54) is 24.4 Å². The second-order valence-electron chi connectivity index (χ2n) is 4.87. The van der Waals surface area contributed by atoms with Crippen LogP contribution in [0.5, 0.6) is 0 Å². The molecule has 0 fully saturated rings. The summed E-state index contributed by atoms with van der Waals surface area (Å²) in [6.45, 7) is 3.22. The van der Waals surface area contributed by atoms with Crippen molar-refractivity contribution in [1.29, 1.82) is 0 Å². The van der Waals surface area contributed by atoms with Crippen molar-refractivity contribution >= 4 is 17.7 Å². The lowest BCUT2D eigenvalue weighted by molar-refractivity contribution is -0.137. The first-order valence-corrected chi connectivity index (χ1v) is 8.00. The number of hydrogen-bond donors (Lipinski definition) is 1. The van der Waals surface area contributed by atoms with Gasteiger partial charge in [0, 0.05) is 6.42 Å². The molecule has 1 aromatic carbocycles. The normalized spacial score (nSPS) is 10.7. The Morgan fingerprint density at radius 2 is 2.05 bits per heavy atom. The molecule has 0 amide bonds. The molecule has 0 spiro atoms. The van der Waals surface area contributed by atoms with Gasteiger partial charge < -0.3 is 15.0 Å². The molecule has 2 aromatic rings. The van der Waals surface area contributed by atoms with Crippen LogP contribution in [0.4, 0.5) is 0 Å². The molecule has 0 aliphatic carbocycles. The van der Waals surface area contributed by atoms with Crippen LogP contribution < -0.4 is 5.73 Å². The highest BCUT2D eigenvalue weighted by molar-refractivity contribution is 7.99. The molecule has 0 aliphatic heterocycles. The SMILES string of the molecule is COC(=O)CSc1nnc(CCN)n1Cc1ccc(C)cc1. The molecular weight excluding hydrogens is 300 g/mol. The first kappa shape index (κ1) is 16.5. The number of nitrogens with two attached hydrogens (primary N) is 1. The number of nitrogens with zero attached hydrogens (tertiary/aromatic N) is 3. The summed E-state index contributed by atoms with van der Waals surface area (Å²) in [4.78, 5) is 11.3. The second-order valence-corrected chi connectivity index (χ2v) is 5.82. The first-order valence-electron chi connectivity index (χ1n) is 7.01. The van der Waals surface area contributed by atoms with E-state index in [4.69, 9.17) is 5.73 Å². The van der Waals surface area contributed by atoms with Crippen molar-refractivity contribution in [3.05, 3.63) is 41.2 Å². The number of carbonyl (C=O) groups excluding carboxylic acids is 1. The minimum atomic E-state index is -0.282. The van der Waals surface area contributed by atoms with Crippen molar-refractivity contribution in [3.63, 3.8) is 0 Å². The number of aryl methyl sites for hydroxylation is 1. The van der Waals surface area contributed by atoms with Gasteiger partial charge in [0.25, 0.3) is 0 Å². The van der Waals surface area contributed by atoms with Gasteiger partial charge in [-0.25, -0.2) is 0 Å². The van der Waals surface area contributed by atoms with Gasteiger partial charge in [-0.2, -0.15) is 0 Å². The van der Waals surface area contributed by atoms with E-state index in [9.17, 15) is 4.79 Å². The maximum atomic E-state index is 11.3. The molecule has 2 rings (SSSR count). The van der Waals surface area contributed by atoms with Gasteiger partial charge >= 0.3 is 5.97 Å². The smallest absolute Gasteiger partial charge is 0.316 e. The van der Waals surface area contributed by atoms with Crippen LogP contribution in [0, 0.1) is 6.92 Å². The first-order chi connectivity index (χ1) is 10.6. The molecule has 0 aliphatic rings. The average Bonchev–Trinajstić information content (AvgIpc) is 2.89. The van der Waals surface area contributed by atoms with Crippen LogP contribution in [-0.2, 0) is 22.5 Å². The van der Waals surface area contributed by atoms with Crippen LogP contribution in [0.1, 0.15) is 17.0 Å². The Morgan fingerprint density at radius 1 is 1.32 bits per heavy atom. The van der Waals surface area contributed by atoms with Gasteiger partial charge in [-0.05, 0) is 19.0 Å². The third-order valence-corrected chi connectivity index (χ3v) is 4.11. The third-order valence-electron chi connectivity index (χ3n) is 3.17. The maximum absolute atomic E-state index is 11.3. The molecule has 0 radical (unpaired) electrons. The molecule has 0 saturated heterocycles. The predicted molar refractivity (Wildman–Crippen MR) is 85.8 cm³/mol. The highest BCUT2D eigenvalue weighted by Gasteiger charge is 2.14. The van der Waals surface area contributed by atoms with E-state index < -0.39 is 0 Å². The van der Waals surface area contributed by atoms with E-state index in [1.807, 2.05) is 4.57 Å². The van der Waals surface area contributed by atoms with Gasteiger partial charge in [-0.1, -0.05) is 41.6 Å². The number of methoxy groups -OCH3 is 1. The topological polar surface area (TPSA) is 83.0 Å². The number of hydrogen-bond acceptors (Lipinski definition) is 6. The number of esters is 1. The molecule has 1 heterocycles. The van der Waals surface area contributed by atoms with Gasteiger partial charge in [0.15, 0.2) is 5.16 Å². The van der Waals surface area contributed by atoms with E-state index in [1.54, 1.807) is 0 Å². The van der Waals surface area contributed by atoms with Crippen molar-refractivity contribution in [3.8, 4) is 0 Å². The van der Waals surface area contributed by atoms with Crippen molar-refractivity contribution in [2.75, 3.05) is 19.4 Å². The van der Waals surface area contributed by atoms with Gasteiger partial charge in [0.1, 0.15) is 5.82 Å². The minimum absolute atomic E-state index is 0.213. The van der Waals surface area contributed by atoms with Crippen LogP contribution >= 0.6 is 11.8 Å². The van der Waals surface area contributed by atoms with Gasteiger partial charge in [-0.3, -0.25) is 4.79 Å². The van der Waals surface area contributed by atoms with Gasteiger partial charge in [0.05, 0.1) is 19.4 Å². The Kier molecular flexibility index (Phi) is 5.97. The second kappa shape index (κ2) is 7.95. The lowest BCUT2D eigenvalue weighted by Crippen LogP contribution is -2.12. The number of carbonyl (C=O) groups is 1. The minimum Gasteiger partial charge on any atom is -0.468 e. The van der Waals surface area contributed by atoms with E-state index in [-0.39, 0.29) is 11.7 Å². The number of rotatable bonds is 7. The van der Waals surface area contributed by atoms with Gasteiger partial charge in [0.2, 0.25) is 0 Å². The molecule has 118 valence electrons. The molecule has 7 heteroatoms. The number of benzene rings is 1. The summed E-state index contributed by atoms with van der Waals surface area (Å²) < 4.78 is 6.67. The van der Waals surface area contributed by atoms with Gasteiger partial charge in [-0.15, -0.1) is 10.2 Å². The Bertz CT molecular complexity index is 625. The Hall–Kier alpha value is -1.86. The molecule has 1 aromatic heterocycles. The van der Waals surface area contributed by atoms with Crippen LogP contribution in [0.15, 0.2) is 29.4 Å². The molecule has 0 bridgehead atoms.